The molecule has 0 fully saturated rings. The maximum Gasteiger partial charge on any atom is 0.407 e. The summed E-state index contributed by atoms with van der Waals surface area (Å²) in [6.45, 7) is 2.20. The second-order valence-electron chi connectivity index (χ2n) is 9.55. The monoisotopic (exact) mass is 558 g/mol. The van der Waals surface area contributed by atoms with Crippen molar-refractivity contribution in [3.8, 4) is 28.1 Å². The number of amides is 1. The third-order valence-electron chi connectivity index (χ3n) is 7.23. The molecule has 3 aromatic carbocycles. The maximum atomic E-state index is 12.7. The van der Waals surface area contributed by atoms with Gasteiger partial charge in [-0.15, -0.1) is 0 Å². The van der Waals surface area contributed by atoms with E-state index in [0.717, 1.165) is 56.8 Å². The molecule has 40 heavy (non-hydrogen) atoms. The molecule has 4 aromatic rings. The molecule has 1 amide bonds. The molecule has 1 aliphatic rings. The molecule has 0 spiro atoms. The Labute approximate surface area is 239 Å². The fourth-order valence-corrected chi connectivity index (χ4v) is 5.22. The Bertz CT molecular complexity index is 1460. The van der Waals surface area contributed by atoms with E-state index in [9.17, 15) is 14.7 Å². The van der Waals surface area contributed by atoms with Crippen LogP contribution >= 0.6 is 0 Å². The molecular weight excluding hydrogens is 528 g/mol. The Morgan fingerprint density at radius 1 is 0.950 bits per heavy atom. The van der Waals surface area contributed by atoms with Gasteiger partial charge in [0, 0.05) is 29.5 Å². The topological polar surface area (TPSA) is 99.0 Å². The van der Waals surface area contributed by atoms with Crippen molar-refractivity contribution in [3.63, 3.8) is 0 Å². The van der Waals surface area contributed by atoms with Gasteiger partial charge >= 0.3 is 12.1 Å². The minimum atomic E-state index is -1.13. The summed E-state index contributed by atoms with van der Waals surface area (Å²) in [6, 6.07) is 24.7. The number of methoxy groups -OCH3 is 1. The number of alkyl carbamates (subject to hydrolysis) is 1. The molecule has 3 N–H and O–H groups in total. The molecule has 7 nitrogen and oxygen atoms in total. The van der Waals surface area contributed by atoms with Gasteiger partial charge in [0.1, 0.15) is 18.4 Å². The molecule has 8 heteroatoms. The van der Waals surface area contributed by atoms with Gasteiger partial charge in [-0.1, -0.05) is 55.5 Å². The zero-order valence-corrected chi connectivity index (χ0v) is 23.1. The normalized spacial score (nSPS) is 12.4. The first-order valence-corrected chi connectivity index (χ1v) is 13.0. The Balaban J connectivity index is 0.00000370. The molecule has 0 saturated heterocycles. The molecule has 1 atom stereocenters. The number of hydrogen-bond acceptors (Lipinski definition) is 4. The third kappa shape index (κ3) is 5.95. The van der Waals surface area contributed by atoms with Crippen LogP contribution in [0.1, 0.15) is 35.1 Å². The molecule has 1 heterocycles. The van der Waals surface area contributed by atoms with Crippen LogP contribution in [0.3, 0.4) is 0 Å². The Hall–Kier alpha value is -4.36. The lowest BCUT2D eigenvalue weighted by atomic mass is 9.98. The number of carbonyl (C=O) groups is 2. The van der Waals surface area contributed by atoms with E-state index in [1.807, 2.05) is 66.7 Å². The number of aromatic nitrogens is 1. The van der Waals surface area contributed by atoms with E-state index in [0.29, 0.717) is 0 Å². The number of carboxylic acids is 1. The van der Waals surface area contributed by atoms with Gasteiger partial charge in [-0.25, -0.2) is 14.6 Å². The van der Waals surface area contributed by atoms with Gasteiger partial charge in [0.25, 0.3) is 0 Å². The van der Waals surface area contributed by atoms with E-state index in [4.69, 9.17) is 9.47 Å². The van der Waals surface area contributed by atoms with E-state index in [1.54, 1.807) is 13.3 Å². The highest BCUT2D eigenvalue weighted by molar-refractivity contribution is 5.81. The largest absolute Gasteiger partial charge is 1.00 e. The van der Waals surface area contributed by atoms with Gasteiger partial charge in [-0.2, -0.15) is 0 Å². The Morgan fingerprint density at radius 3 is 2.20 bits per heavy atom. The van der Waals surface area contributed by atoms with Crippen molar-refractivity contribution >= 4 is 12.1 Å². The lowest BCUT2D eigenvalue weighted by Gasteiger charge is -2.17. The highest BCUT2D eigenvalue weighted by atomic mass is 35.5. The number of carboxylic acid groups (broad SMARTS) is 1. The van der Waals surface area contributed by atoms with Gasteiger partial charge in [-0.3, -0.25) is 0 Å². The van der Waals surface area contributed by atoms with Crippen LogP contribution in [0.15, 0.2) is 85.1 Å². The number of pyridine rings is 1. The SMILES string of the molecule is CCc1cc(OC)ccc1-c1ccc(C[C@H](NC(=O)OCC2c3ccccc3-c3ccccc32)C(=O)O)c[nH+]1.[Cl-]. The molecule has 0 radical (unpaired) electrons. The number of hydrogen-bond donors (Lipinski definition) is 2. The van der Waals surface area contributed by atoms with Crippen LogP contribution in [0.25, 0.3) is 22.4 Å². The van der Waals surface area contributed by atoms with E-state index in [-0.39, 0.29) is 31.4 Å². The zero-order chi connectivity index (χ0) is 27.4. The smallest absolute Gasteiger partial charge is 0.407 e. The first-order valence-electron chi connectivity index (χ1n) is 13.0. The fourth-order valence-electron chi connectivity index (χ4n) is 5.22. The third-order valence-corrected chi connectivity index (χ3v) is 7.23. The minimum Gasteiger partial charge on any atom is -1.00 e. The highest BCUT2D eigenvalue weighted by Crippen LogP contribution is 2.44. The van der Waals surface area contributed by atoms with Crippen molar-refractivity contribution in [3.05, 3.63) is 107 Å². The summed E-state index contributed by atoms with van der Waals surface area (Å²) >= 11 is 0. The molecule has 0 unspecified atom stereocenters. The fraction of sp³-hybridized carbons (Fsp3) is 0.219. The Kier molecular flexibility index (Phi) is 9.07. The van der Waals surface area contributed by atoms with Crippen molar-refractivity contribution in [1.29, 1.82) is 0 Å². The van der Waals surface area contributed by atoms with Crippen LogP contribution in [0.2, 0.25) is 0 Å². The summed E-state index contributed by atoms with van der Waals surface area (Å²) in [6.07, 6.45) is 1.97. The van der Waals surface area contributed by atoms with Crippen LogP contribution < -0.4 is 27.4 Å². The molecule has 5 rings (SSSR count). The summed E-state index contributed by atoms with van der Waals surface area (Å²) in [4.78, 5) is 27.9. The van der Waals surface area contributed by atoms with Crippen molar-refractivity contribution in [1.82, 2.24) is 5.32 Å². The number of rotatable bonds is 9. The molecule has 206 valence electrons. The van der Waals surface area contributed by atoms with Gasteiger partial charge in [0.2, 0.25) is 5.69 Å². The van der Waals surface area contributed by atoms with Gasteiger partial charge < -0.3 is 32.3 Å². The molecule has 1 aliphatic carbocycles. The maximum absolute atomic E-state index is 12.7. The number of carbonyl (C=O) groups excluding carboxylic acids is 1. The van der Waals surface area contributed by atoms with Crippen LogP contribution in [-0.2, 0) is 22.4 Å². The number of ether oxygens (including phenoxy) is 2. The number of benzene rings is 3. The molecule has 0 aliphatic heterocycles. The molecular formula is C32H31ClN2O5. The average Bonchev–Trinajstić information content (AvgIpc) is 3.29. The number of aliphatic carboxylic acids is 1. The van der Waals surface area contributed by atoms with Crippen molar-refractivity contribution in [2.24, 2.45) is 0 Å². The van der Waals surface area contributed by atoms with E-state index >= 15 is 0 Å². The lowest BCUT2D eigenvalue weighted by molar-refractivity contribution is -0.365. The molecule has 0 saturated carbocycles. The second-order valence-corrected chi connectivity index (χ2v) is 9.55. The second kappa shape index (κ2) is 12.7. The van der Waals surface area contributed by atoms with Crippen LogP contribution in [-0.4, -0.2) is 36.9 Å². The number of nitrogens with one attached hydrogen (secondary N) is 2. The van der Waals surface area contributed by atoms with Gasteiger partial charge in [-0.05, 0) is 58.5 Å². The standard InChI is InChI=1S/C32H30N2O5.ClH/c1-3-21-17-22(38-2)13-14-23(21)29-15-12-20(18-33-29)16-30(31(35)36)34-32(37)39-19-28-26-10-6-4-8-24(26)25-9-5-7-11-27(25)28;/h4-15,17-18,28,30H,3,16,19H2,1-2H3,(H,34,37)(H,35,36);1H/t30-;/m0./s1. The zero-order valence-electron chi connectivity index (χ0n) is 22.3. The van der Waals surface area contributed by atoms with E-state index in [2.05, 4.69) is 29.4 Å². The summed E-state index contributed by atoms with van der Waals surface area (Å²) < 4.78 is 10.9. The average molecular weight is 559 g/mol. The van der Waals surface area contributed by atoms with E-state index in [1.165, 1.54) is 0 Å². The number of fused-ring (bicyclic) bond motifs is 3. The predicted octanol–water partition coefficient (Wildman–Crippen LogP) is 2.28. The highest BCUT2D eigenvalue weighted by Gasteiger charge is 2.30. The van der Waals surface area contributed by atoms with E-state index < -0.39 is 18.1 Å². The quantitative estimate of drug-likeness (QED) is 0.328. The number of aromatic amines is 1. The molecule has 1 aromatic heterocycles. The van der Waals surface area contributed by atoms with Crippen molar-refractivity contribution < 1.29 is 41.6 Å². The van der Waals surface area contributed by atoms with Gasteiger partial charge in [0.15, 0.2) is 6.20 Å². The molecule has 0 bridgehead atoms. The number of aryl methyl sites for hydroxylation is 1. The summed E-state index contributed by atoms with van der Waals surface area (Å²) in [7, 11) is 1.64. The van der Waals surface area contributed by atoms with Crippen molar-refractivity contribution in [2.75, 3.05) is 13.7 Å². The summed E-state index contributed by atoms with van der Waals surface area (Å²) in [5.41, 5.74) is 8.30. The number of H-pyrrole nitrogens is 1. The minimum absolute atomic E-state index is 0. The van der Waals surface area contributed by atoms with Crippen molar-refractivity contribution in [2.45, 2.75) is 31.7 Å². The predicted molar refractivity (Wildman–Crippen MR) is 148 cm³/mol. The first-order chi connectivity index (χ1) is 19.0. The Morgan fingerprint density at radius 2 is 1.62 bits per heavy atom. The van der Waals surface area contributed by atoms with Crippen LogP contribution in [0.5, 0.6) is 5.75 Å². The number of halogens is 1. The lowest BCUT2D eigenvalue weighted by Crippen LogP contribution is -3.00. The summed E-state index contributed by atoms with van der Waals surface area (Å²) in [5.74, 6) is -0.425. The first kappa shape index (κ1) is 28.6. The summed E-state index contributed by atoms with van der Waals surface area (Å²) in [5, 5.41) is 12.3. The van der Waals surface area contributed by atoms with Crippen LogP contribution in [0.4, 0.5) is 4.79 Å². The van der Waals surface area contributed by atoms with Gasteiger partial charge in [0.05, 0.1) is 7.11 Å². The van der Waals surface area contributed by atoms with Crippen LogP contribution in [0, 0.1) is 0 Å².